The van der Waals surface area contributed by atoms with Crippen LogP contribution in [0.3, 0.4) is 0 Å². The number of benzene rings is 1. The van der Waals surface area contributed by atoms with Crippen molar-refractivity contribution in [3.05, 3.63) is 51.9 Å². The van der Waals surface area contributed by atoms with Gasteiger partial charge in [0.2, 0.25) is 11.8 Å². The molecule has 0 radical (unpaired) electrons. The Balaban J connectivity index is 1.84. The van der Waals surface area contributed by atoms with E-state index in [1.54, 1.807) is 0 Å². The Morgan fingerprint density at radius 3 is 2.48 bits per heavy atom. The molecule has 0 unspecified atom stereocenters. The number of carbonyl (C=O) groups excluding carboxylic acids is 2. The summed E-state index contributed by atoms with van der Waals surface area (Å²) in [4.78, 5) is 29.0. The third-order valence-electron chi connectivity index (χ3n) is 3.64. The molecule has 1 saturated heterocycles. The largest absolute Gasteiger partial charge is 0.417 e. The lowest BCUT2D eigenvalue weighted by atomic mass is 10.3. The molecule has 0 aliphatic carbocycles. The Labute approximate surface area is 164 Å². The summed E-state index contributed by atoms with van der Waals surface area (Å²) in [5.41, 5.74) is -1.28. The first-order chi connectivity index (χ1) is 12.6. The predicted octanol–water partition coefficient (Wildman–Crippen LogP) is 4.97. The maximum Gasteiger partial charge on any atom is 0.417 e. The number of hydrogen-bond donors (Lipinski definition) is 0. The van der Waals surface area contributed by atoms with Gasteiger partial charge in [-0.15, -0.1) is 0 Å². The summed E-state index contributed by atoms with van der Waals surface area (Å²) in [6.07, 6.45) is -4.29. The van der Waals surface area contributed by atoms with Gasteiger partial charge in [-0.2, -0.15) is 13.2 Å². The van der Waals surface area contributed by atoms with Crippen molar-refractivity contribution in [1.82, 2.24) is 4.98 Å². The van der Waals surface area contributed by atoms with Gasteiger partial charge in [0.05, 0.1) is 21.5 Å². The fourth-order valence-electron chi connectivity index (χ4n) is 2.41. The van der Waals surface area contributed by atoms with Crippen LogP contribution in [-0.2, 0) is 15.8 Å². The zero-order valence-corrected chi connectivity index (χ0v) is 15.4. The van der Waals surface area contributed by atoms with E-state index < -0.39 is 34.6 Å². The van der Waals surface area contributed by atoms with Gasteiger partial charge in [-0.25, -0.2) is 14.3 Å². The first kappa shape index (κ1) is 19.9. The van der Waals surface area contributed by atoms with Crippen LogP contribution in [0.2, 0.25) is 10.0 Å². The van der Waals surface area contributed by atoms with Crippen LogP contribution in [0.5, 0.6) is 0 Å². The van der Waals surface area contributed by atoms with E-state index in [1.165, 1.54) is 12.1 Å². The van der Waals surface area contributed by atoms with Crippen molar-refractivity contribution in [2.24, 2.45) is 0 Å². The number of carbonyl (C=O) groups is 2. The third kappa shape index (κ3) is 4.04. The third-order valence-corrected chi connectivity index (χ3v) is 5.48. The molecule has 1 aliphatic rings. The van der Waals surface area contributed by atoms with Crippen LogP contribution in [0.25, 0.3) is 0 Å². The van der Waals surface area contributed by atoms with Gasteiger partial charge in [-0.05, 0) is 24.3 Å². The van der Waals surface area contributed by atoms with Gasteiger partial charge in [0, 0.05) is 17.6 Å². The van der Waals surface area contributed by atoms with E-state index in [1.807, 2.05) is 0 Å². The Kier molecular flexibility index (Phi) is 5.38. The maximum atomic E-state index is 14.0. The average Bonchev–Trinajstić information content (AvgIpc) is 2.83. The van der Waals surface area contributed by atoms with E-state index in [-0.39, 0.29) is 27.2 Å². The first-order valence-electron chi connectivity index (χ1n) is 7.29. The molecule has 0 saturated carbocycles. The molecule has 2 amide bonds. The summed E-state index contributed by atoms with van der Waals surface area (Å²) in [5, 5.41) is -1.23. The van der Waals surface area contributed by atoms with Crippen molar-refractivity contribution in [3.8, 4) is 0 Å². The number of amides is 2. The van der Waals surface area contributed by atoms with Crippen molar-refractivity contribution >= 4 is 52.5 Å². The lowest BCUT2D eigenvalue weighted by Gasteiger charge is -2.16. The molecule has 0 N–H and O–H groups in total. The Morgan fingerprint density at radius 1 is 1.19 bits per heavy atom. The highest BCUT2D eigenvalue weighted by Gasteiger charge is 2.42. The summed E-state index contributed by atoms with van der Waals surface area (Å²) in [6.45, 7) is 0. The van der Waals surface area contributed by atoms with Crippen LogP contribution in [0.15, 0.2) is 35.5 Å². The summed E-state index contributed by atoms with van der Waals surface area (Å²) in [7, 11) is 0. The number of anilines is 1. The van der Waals surface area contributed by atoms with Crippen molar-refractivity contribution < 1.29 is 27.2 Å². The lowest BCUT2D eigenvalue weighted by Crippen LogP contribution is -2.31. The number of nitrogens with zero attached hydrogens (tertiary/aromatic N) is 2. The molecule has 2 aromatic rings. The van der Waals surface area contributed by atoms with Gasteiger partial charge in [0.15, 0.2) is 0 Å². The normalized spacial score (nSPS) is 17.7. The minimum absolute atomic E-state index is 0.0331. The summed E-state index contributed by atoms with van der Waals surface area (Å²) in [5.74, 6) is -2.22. The van der Waals surface area contributed by atoms with Crippen LogP contribution >= 0.6 is 35.0 Å². The number of thioether (sulfide) groups is 1. The molecule has 3 rings (SSSR count). The van der Waals surface area contributed by atoms with Gasteiger partial charge in [-0.1, -0.05) is 35.0 Å². The van der Waals surface area contributed by atoms with Crippen LogP contribution < -0.4 is 4.90 Å². The molecule has 1 aromatic heterocycles. The second-order valence-electron chi connectivity index (χ2n) is 5.48. The Morgan fingerprint density at radius 2 is 1.89 bits per heavy atom. The number of halogens is 6. The number of aromatic nitrogens is 1. The van der Waals surface area contributed by atoms with E-state index in [0.717, 1.165) is 17.8 Å². The number of pyridine rings is 1. The van der Waals surface area contributed by atoms with Gasteiger partial charge < -0.3 is 0 Å². The van der Waals surface area contributed by atoms with Crippen LogP contribution in [0.1, 0.15) is 12.0 Å². The van der Waals surface area contributed by atoms with E-state index in [9.17, 15) is 27.2 Å². The molecule has 0 spiro atoms. The highest BCUT2D eigenvalue weighted by Crippen LogP contribution is 2.39. The zero-order valence-electron chi connectivity index (χ0n) is 13.1. The second kappa shape index (κ2) is 7.29. The Bertz CT molecular complexity index is 939. The highest BCUT2D eigenvalue weighted by molar-refractivity contribution is 8.00. The fourth-order valence-corrected chi connectivity index (χ4v) is 3.86. The number of rotatable bonds is 3. The standard InChI is InChI=1S/C16H8Cl2F4N2O2S/c17-8-1-2-11(10(19)4-8)24-13(25)5-12(15(24)26)27-14-9(18)3-7(6-23-14)16(20,21)22/h1-4,6,12H,5H2/t12-/m0/s1. The molecule has 1 aromatic carbocycles. The number of hydrogen-bond acceptors (Lipinski definition) is 4. The maximum absolute atomic E-state index is 14.0. The Hall–Kier alpha value is -1.84. The molecular weight excluding hydrogens is 431 g/mol. The van der Waals surface area contributed by atoms with Crippen molar-refractivity contribution in [2.45, 2.75) is 22.9 Å². The van der Waals surface area contributed by atoms with E-state index >= 15 is 0 Å². The first-order valence-corrected chi connectivity index (χ1v) is 8.92. The smallest absolute Gasteiger partial charge is 0.274 e. The fraction of sp³-hybridized carbons (Fsp3) is 0.188. The van der Waals surface area contributed by atoms with E-state index in [4.69, 9.17) is 23.2 Å². The summed E-state index contributed by atoms with van der Waals surface area (Å²) >= 11 is 12.2. The van der Waals surface area contributed by atoms with Crippen LogP contribution in [-0.4, -0.2) is 22.0 Å². The monoisotopic (exact) mass is 438 g/mol. The van der Waals surface area contributed by atoms with Gasteiger partial charge in [0.1, 0.15) is 10.8 Å². The minimum Gasteiger partial charge on any atom is -0.274 e. The molecule has 11 heteroatoms. The minimum atomic E-state index is -4.61. The van der Waals surface area contributed by atoms with Crippen molar-refractivity contribution in [3.63, 3.8) is 0 Å². The molecule has 4 nitrogen and oxygen atoms in total. The van der Waals surface area contributed by atoms with Gasteiger partial charge in [-0.3, -0.25) is 9.59 Å². The van der Waals surface area contributed by atoms with Crippen LogP contribution in [0.4, 0.5) is 23.2 Å². The van der Waals surface area contributed by atoms with E-state index in [2.05, 4.69) is 4.98 Å². The molecular formula is C16H8Cl2F4N2O2S. The van der Waals surface area contributed by atoms with Crippen molar-refractivity contribution in [2.75, 3.05) is 4.90 Å². The zero-order chi connectivity index (χ0) is 19.9. The molecule has 1 fully saturated rings. The number of imide groups is 1. The average molecular weight is 439 g/mol. The lowest BCUT2D eigenvalue weighted by molar-refractivity contribution is -0.138. The highest BCUT2D eigenvalue weighted by atomic mass is 35.5. The molecule has 1 atom stereocenters. The quantitative estimate of drug-likeness (QED) is 0.501. The SMILES string of the molecule is O=C1C[C@H](Sc2ncc(C(F)(F)F)cc2Cl)C(=O)N1c1ccc(Cl)cc1F. The van der Waals surface area contributed by atoms with Crippen LogP contribution in [0, 0.1) is 5.82 Å². The van der Waals surface area contributed by atoms with E-state index in [0.29, 0.717) is 17.2 Å². The molecule has 0 bridgehead atoms. The molecule has 142 valence electrons. The molecule has 2 heterocycles. The topological polar surface area (TPSA) is 50.3 Å². The van der Waals surface area contributed by atoms with Gasteiger partial charge in [0.25, 0.3) is 0 Å². The summed E-state index contributed by atoms with van der Waals surface area (Å²) < 4.78 is 52.0. The van der Waals surface area contributed by atoms with Crippen molar-refractivity contribution in [1.29, 1.82) is 0 Å². The molecule has 27 heavy (non-hydrogen) atoms. The summed E-state index contributed by atoms with van der Waals surface area (Å²) in [6, 6.07) is 4.18. The predicted molar refractivity (Wildman–Crippen MR) is 92.4 cm³/mol. The molecule has 1 aliphatic heterocycles. The second-order valence-corrected chi connectivity index (χ2v) is 7.52. The number of alkyl halides is 3. The van der Waals surface area contributed by atoms with Gasteiger partial charge >= 0.3 is 6.18 Å².